The van der Waals surface area contributed by atoms with Crippen molar-refractivity contribution in [2.45, 2.75) is 19.8 Å². The van der Waals surface area contributed by atoms with Crippen LogP contribution in [0, 0.1) is 29.4 Å². The second-order valence-electron chi connectivity index (χ2n) is 5.63. The predicted molar refractivity (Wildman–Crippen MR) is 68.6 cm³/mol. The quantitative estimate of drug-likeness (QED) is 0.633. The van der Waals surface area contributed by atoms with Crippen molar-refractivity contribution in [1.82, 2.24) is 0 Å². The van der Waals surface area contributed by atoms with Crippen molar-refractivity contribution < 1.29 is 18.4 Å². The van der Waals surface area contributed by atoms with Gasteiger partial charge in [0, 0.05) is 6.07 Å². The van der Waals surface area contributed by atoms with E-state index in [1.54, 1.807) is 0 Å². The molecule has 0 spiro atoms. The molecule has 1 aromatic carbocycles. The number of nitrogens with two attached hydrogens (primary N) is 1. The van der Waals surface area contributed by atoms with Crippen molar-refractivity contribution in [2.75, 3.05) is 10.6 Å². The van der Waals surface area contributed by atoms with Gasteiger partial charge in [0.2, 0.25) is 11.8 Å². The molecule has 0 radical (unpaired) electrons. The Labute approximate surface area is 114 Å². The molecule has 2 aliphatic rings. The standard InChI is InChI=1S/C14H14F2N2O2/c1-6-2-7-8(3-6)14(20)18(13(7)19)12-5-11(17)9(15)4-10(12)16/h4-8H,2-3,17H2,1H3. The minimum atomic E-state index is -0.952. The number of anilines is 2. The van der Waals surface area contributed by atoms with Crippen LogP contribution in [0.3, 0.4) is 0 Å². The molecule has 1 heterocycles. The highest BCUT2D eigenvalue weighted by Crippen LogP contribution is 2.45. The number of carbonyl (C=O) groups excluding carboxylic acids is 2. The van der Waals surface area contributed by atoms with Crippen LogP contribution < -0.4 is 10.6 Å². The number of fused-ring (bicyclic) bond motifs is 1. The van der Waals surface area contributed by atoms with Crippen LogP contribution in [0.2, 0.25) is 0 Å². The Kier molecular flexibility index (Phi) is 2.77. The van der Waals surface area contributed by atoms with Crippen molar-refractivity contribution >= 4 is 23.2 Å². The number of benzene rings is 1. The van der Waals surface area contributed by atoms with E-state index in [9.17, 15) is 18.4 Å². The minimum Gasteiger partial charge on any atom is -0.396 e. The van der Waals surface area contributed by atoms with E-state index >= 15 is 0 Å². The van der Waals surface area contributed by atoms with E-state index in [1.165, 1.54) is 0 Å². The van der Waals surface area contributed by atoms with Crippen molar-refractivity contribution in [3.8, 4) is 0 Å². The Hall–Kier alpha value is -1.98. The molecule has 2 atom stereocenters. The fourth-order valence-electron chi connectivity index (χ4n) is 3.24. The maximum atomic E-state index is 13.8. The molecule has 4 nitrogen and oxygen atoms in total. The molecule has 0 aromatic heterocycles. The fraction of sp³-hybridized carbons (Fsp3) is 0.429. The van der Waals surface area contributed by atoms with Gasteiger partial charge in [0.1, 0.15) is 11.6 Å². The number of nitrogens with zero attached hydrogens (tertiary/aromatic N) is 1. The van der Waals surface area contributed by atoms with Gasteiger partial charge >= 0.3 is 0 Å². The molecule has 3 rings (SSSR count). The summed E-state index contributed by atoms with van der Waals surface area (Å²) < 4.78 is 27.0. The summed E-state index contributed by atoms with van der Waals surface area (Å²) in [5, 5.41) is 0. The molecule has 0 bridgehead atoms. The highest BCUT2D eigenvalue weighted by Gasteiger charge is 2.52. The Bertz CT molecular complexity index is 593. The molecule has 1 saturated heterocycles. The highest BCUT2D eigenvalue weighted by atomic mass is 19.1. The van der Waals surface area contributed by atoms with E-state index in [1.807, 2.05) is 6.92 Å². The summed E-state index contributed by atoms with van der Waals surface area (Å²) in [6.07, 6.45) is 1.26. The Morgan fingerprint density at radius 3 is 2.20 bits per heavy atom. The number of carbonyl (C=O) groups is 2. The van der Waals surface area contributed by atoms with Gasteiger partial charge in [-0.1, -0.05) is 6.92 Å². The lowest BCUT2D eigenvalue weighted by molar-refractivity contribution is -0.123. The first-order valence-electron chi connectivity index (χ1n) is 6.52. The van der Waals surface area contributed by atoms with Crippen molar-refractivity contribution in [2.24, 2.45) is 17.8 Å². The van der Waals surface area contributed by atoms with Gasteiger partial charge in [0.15, 0.2) is 0 Å². The maximum absolute atomic E-state index is 13.8. The highest BCUT2D eigenvalue weighted by molar-refractivity contribution is 6.22. The molecule has 1 aliphatic carbocycles. The van der Waals surface area contributed by atoms with Crippen LogP contribution in [0.5, 0.6) is 0 Å². The Morgan fingerprint density at radius 1 is 1.10 bits per heavy atom. The van der Waals surface area contributed by atoms with Crippen LogP contribution in [-0.4, -0.2) is 11.8 Å². The van der Waals surface area contributed by atoms with Gasteiger partial charge in [0.25, 0.3) is 0 Å². The van der Waals surface area contributed by atoms with Gasteiger partial charge in [-0.15, -0.1) is 0 Å². The lowest BCUT2D eigenvalue weighted by Gasteiger charge is -2.18. The van der Waals surface area contributed by atoms with Crippen LogP contribution in [0.25, 0.3) is 0 Å². The topological polar surface area (TPSA) is 63.4 Å². The molecule has 2 amide bonds. The average molecular weight is 280 g/mol. The molecule has 106 valence electrons. The molecule has 2 unspecified atom stereocenters. The first-order chi connectivity index (χ1) is 9.40. The van der Waals surface area contributed by atoms with E-state index in [-0.39, 0.29) is 23.2 Å². The molecule has 2 N–H and O–H groups in total. The normalized spacial score (nSPS) is 29.1. The first-order valence-corrected chi connectivity index (χ1v) is 6.52. The molecule has 1 aromatic rings. The number of hydrogen-bond acceptors (Lipinski definition) is 3. The van der Waals surface area contributed by atoms with Crippen molar-refractivity contribution in [3.63, 3.8) is 0 Å². The molecule has 6 heteroatoms. The zero-order chi connectivity index (χ0) is 14.6. The van der Waals surface area contributed by atoms with Gasteiger partial charge in [-0.05, 0) is 24.8 Å². The van der Waals surface area contributed by atoms with Gasteiger partial charge in [0.05, 0.1) is 23.2 Å². The van der Waals surface area contributed by atoms with Gasteiger partial charge < -0.3 is 5.73 Å². The lowest BCUT2D eigenvalue weighted by atomic mass is 10.00. The Balaban J connectivity index is 2.02. The largest absolute Gasteiger partial charge is 0.396 e. The third kappa shape index (κ3) is 1.71. The summed E-state index contributed by atoms with van der Waals surface area (Å²) in [7, 11) is 0. The smallest absolute Gasteiger partial charge is 0.237 e. The number of rotatable bonds is 1. The van der Waals surface area contributed by atoms with Crippen LogP contribution in [0.15, 0.2) is 12.1 Å². The van der Waals surface area contributed by atoms with Crippen LogP contribution in [0.1, 0.15) is 19.8 Å². The monoisotopic (exact) mass is 280 g/mol. The number of imide groups is 1. The zero-order valence-corrected chi connectivity index (χ0v) is 10.9. The number of nitrogen functional groups attached to an aromatic ring is 1. The predicted octanol–water partition coefficient (Wildman–Crippen LogP) is 2.08. The molecule has 1 aliphatic heterocycles. The molecule has 2 fully saturated rings. The molecular formula is C14H14F2N2O2. The fourth-order valence-corrected chi connectivity index (χ4v) is 3.24. The minimum absolute atomic E-state index is 0.249. The van der Waals surface area contributed by atoms with E-state index < -0.39 is 23.4 Å². The number of hydrogen-bond donors (Lipinski definition) is 1. The second kappa shape index (κ2) is 4.26. The SMILES string of the molecule is CC1CC2C(=O)N(c3cc(N)c(F)cc3F)C(=O)C2C1. The van der Waals surface area contributed by atoms with Crippen LogP contribution in [-0.2, 0) is 9.59 Å². The van der Waals surface area contributed by atoms with Crippen molar-refractivity contribution in [3.05, 3.63) is 23.8 Å². The Morgan fingerprint density at radius 2 is 1.65 bits per heavy atom. The zero-order valence-electron chi connectivity index (χ0n) is 10.9. The third-order valence-corrected chi connectivity index (χ3v) is 4.18. The van der Waals surface area contributed by atoms with Gasteiger partial charge in [-0.25, -0.2) is 13.7 Å². The van der Waals surface area contributed by atoms with E-state index in [0.29, 0.717) is 24.8 Å². The van der Waals surface area contributed by atoms with E-state index in [4.69, 9.17) is 5.73 Å². The van der Waals surface area contributed by atoms with Crippen LogP contribution >= 0.6 is 0 Å². The summed E-state index contributed by atoms with van der Waals surface area (Å²) in [5.41, 5.74) is 4.86. The van der Waals surface area contributed by atoms with Gasteiger partial charge in [-0.2, -0.15) is 0 Å². The average Bonchev–Trinajstić information content (AvgIpc) is 2.85. The summed E-state index contributed by atoms with van der Waals surface area (Å²) in [6.45, 7) is 1.99. The maximum Gasteiger partial charge on any atom is 0.237 e. The third-order valence-electron chi connectivity index (χ3n) is 4.18. The molecule has 1 saturated carbocycles. The first kappa shape index (κ1) is 13.0. The summed E-state index contributed by atoms with van der Waals surface area (Å²) in [6, 6.07) is 1.60. The number of amides is 2. The van der Waals surface area contributed by atoms with Crippen LogP contribution in [0.4, 0.5) is 20.2 Å². The van der Waals surface area contributed by atoms with E-state index in [0.717, 1.165) is 11.0 Å². The lowest BCUT2D eigenvalue weighted by Crippen LogP contribution is -2.33. The summed E-state index contributed by atoms with van der Waals surface area (Å²) in [4.78, 5) is 25.4. The number of halogens is 2. The second-order valence-corrected chi connectivity index (χ2v) is 5.63. The summed E-state index contributed by atoms with van der Waals surface area (Å²) in [5.74, 6) is -3.14. The van der Waals surface area contributed by atoms with Crippen molar-refractivity contribution in [1.29, 1.82) is 0 Å². The molecular weight excluding hydrogens is 266 g/mol. The van der Waals surface area contributed by atoms with Gasteiger partial charge in [-0.3, -0.25) is 9.59 Å². The summed E-state index contributed by atoms with van der Waals surface area (Å²) >= 11 is 0. The van der Waals surface area contributed by atoms with E-state index in [2.05, 4.69) is 0 Å². The molecule has 20 heavy (non-hydrogen) atoms.